The molecule has 4 rings (SSSR count). The van der Waals surface area contributed by atoms with Gasteiger partial charge in [0.05, 0.1) is 18.3 Å². The van der Waals surface area contributed by atoms with Crippen LogP contribution < -0.4 is 5.32 Å². The molecule has 184 valence electrons. The molecular formula is C28H31NO6. The first kappa shape index (κ1) is 24.7. The standard InChI is InChI=1S/C28H31NO6/c30-21-16-23-15-20-10-5-12-25(31)27(20)28(33)35-22(18-24(17-21)34-23)11-6-14-29-26(32)13-4-9-19-7-2-1-3-8-19/h1-8,10,12-14,21-24,30-31H,9,11,15-18H2,(H,29,32)/b13-4-,14-6+/t21-,22-,23+,24-/m0/s1. The third-order valence-corrected chi connectivity index (χ3v) is 6.24. The SMILES string of the molecule is O=C(/C=C\Cc1ccccc1)N/C=C/C[C@H]1C[C@@H]2C[C@@H](O)C[C@@H](Cc3cccc(O)c3C(=O)O1)O2. The van der Waals surface area contributed by atoms with E-state index in [4.69, 9.17) is 9.47 Å². The van der Waals surface area contributed by atoms with Crippen molar-refractivity contribution in [1.29, 1.82) is 0 Å². The number of allylic oxidation sites excluding steroid dienone is 1. The first-order valence-electron chi connectivity index (χ1n) is 12.0. The number of nitrogens with one attached hydrogen (secondary N) is 1. The summed E-state index contributed by atoms with van der Waals surface area (Å²) in [6, 6.07) is 14.8. The van der Waals surface area contributed by atoms with Gasteiger partial charge in [0.1, 0.15) is 17.4 Å². The van der Waals surface area contributed by atoms with Crippen molar-refractivity contribution >= 4 is 11.9 Å². The smallest absolute Gasteiger partial charge is 0.342 e. The Morgan fingerprint density at radius 1 is 1.03 bits per heavy atom. The number of fused-ring (bicyclic) bond motifs is 3. The van der Waals surface area contributed by atoms with Crippen LogP contribution in [-0.2, 0) is 27.1 Å². The van der Waals surface area contributed by atoms with Gasteiger partial charge in [-0.25, -0.2) is 4.79 Å². The average molecular weight is 478 g/mol. The van der Waals surface area contributed by atoms with Gasteiger partial charge in [0, 0.05) is 19.0 Å². The van der Waals surface area contributed by atoms with Crippen molar-refractivity contribution in [3.63, 3.8) is 0 Å². The van der Waals surface area contributed by atoms with Gasteiger partial charge in [-0.1, -0.05) is 54.6 Å². The third kappa shape index (κ3) is 7.04. The van der Waals surface area contributed by atoms with Crippen molar-refractivity contribution < 1.29 is 29.3 Å². The van der Waals surface area contributed by atoms with E-state index in [1.54, 1.807) is 24.3 Å². The maximum atomic E-state index is 12.9. The van der Waals surface area contributed by atoms with Gasteiger partial charge in [0.25, 0.3) is 0 Å². The number of ether oxygens (including phenoxy) is 2. The highest BCUT2D eigenvalue weighted by Crippen LogP contribution is 2.32. The van der Waals surface area contributed by atoms with Gasteiger partial charge in [-0.05, 0) is 49.0 Å². The van der Waals surface area contributed by atoms with Crippen molar-refractivity contribution in [1.82, 2.24) is 5.32 Å². The quantitative estimate of drug-likeness (QED) is 0.434. The minimum Gasteiger partial charge on any atom is -0.507 e. The zero-order chi connectivity index (χ0) is 24.6. The number of amides is 1. The van der Waals surface area contributed by atoms with Crippen LogP contribution in [0.1, 0.15) is 47.2 Å². The van der Waals surface area contributed by atoms with E-state index in [2.05, 4.69) is 5.32 Å². The van der Waals surface area contributed by atoms with E-state index in [0.717, 1.165) is 5.56 Å². The molecule has 35 heavy (non-hydrogen) atoms. The van der Waals surface area contributed by atoms with E-state index in [-0.39, 0.29) is 29.4 Å². The van der Waals surface area contributed by atoms with Gasteiger partial charge < -0.3 is 25.0 Å². The number of hydrogen-bond acceptors (Lipinski definition) is 6. The van der Waals surface area contributed by atoms with Crippen LogP contribution in [0.15, 0.2) is 73.0 Å². The zero-order valence-corrected chi connectivity index (χ0v) is 19.5. The summed E-state index contributed by atoms with van der Waals surface area (Å²) in [7, 11) is 0. The maximum Gasteiger partial charge on any atom is 0.342 e. The number of esters is 1. The van der Waals surface area contributed by atoms with E-state index in [1.807, 2.05) is 30.3 Å². The third-order valence-electron chi connectivity index (χ3n) is 6.24. The fourth-order valence-electron chi connectivity index (χ4n) is 4.63. The van der Waals surface area contributed by atoms with E-state index in [9.17, 15) is 19.8 Å². The van der Waals surface area contributed by atoms with Crippen LogP contribution in [-0.4, -0.2) is 46.5 Å². The molecule has 0 radical (unpaired) electrons. The minimum absolute atomic E-state index is 0.134. The second-order valence-corrected chi connectivity index (χ2v) is 9.02. The van der Waals surface area contributed by atoms with Gasteiger partial charge in [-0.15, -0.1) is 0 Å². The van der Waals surface area contributed by atoms with E-state index < -0.39 is 18.2 Å². The molecule has 7 nitrogen and oxygen atoms in total. The number of carbonyl (C=O) groups is 2. The molecule has 2 aliphatic heterocycles. The molecule has 1 fully saturated rings. The second kappa shape index (κ2) is 11.8. The molecule has 2 aliphatic rings. The highest BCUT2D eigenvalue weighted by atomic mass is 16.5. The molecule has 2 heterocycles. The number of carbonyl (C=O) groups excluding carboxylic acids is 2. The van der Waals surface area contributed by atoms with E-state index in [0.29, 0.717) is 44.1 Å². The Bertz CT molecular complexity index is 1080. The lowest BCUT2D eigenvalue weighted by Crippen LogP contribution is -2.40. The number of phenols is 1. The molecule has 2 bridgehead atoms. The van der Waals surface area contributed by atoms with Gasteiger partial charge in [0.2, 0.25) is 5.91 Å². The molecule has 0 unspecified atom stereocenters. The number of benzene rings is 2. The maximum absolute atomic E-state index is 12.9. The van der Waals surface area contributed by atoms with Crippen molar-refractivity contribution in [3.8, 4) is 5.75 Å². The monoisotopic (exact) mass is 477 g/mol. The number of hydrogen-bond donors (Lipinski definition) is 3. The highest BCUT2D eigenvalue weighted by molar-refractivity contribution is 5.94. The molecule has 4 atom stereocenters. The van der Waals surface area contributed by atoms with Crippen LogP contribution in [0, 0.1) is 0 Å². The number of rotatable bonds is 6. The zero-order valence-electron chi connectivity index (χ0n) is 19.5. The van der Waals surface area contributed by atoms with Crippen LogP contribution in [0.5, 0.6) is 5.75 Å². The number of aliphatic hydroxyl groups is 1. The second-order valence-electron chi connectivity index (χ2n) is 9.02. The van der Waals surface area contributed by atoms with Crippen molar-refractivity contribution in [2.45, 2.75) is 62.9 Å². The van der Waals surface area contributed by atoms with Crippen LogP contribution in [0.3, 0.4) is 0 Å². The van der Waals surface area contributed by atoms with Gasteiger partial charge in [-0.3, -0.25) is 4.79 Å². The topological polar surface area (TPSA) is 105 Å². The van der Waals surface area contributed by atoms with E-state index in [1.165, 1.54) is 18.3 Å². The highest BCUT2D eigenvalue weighted by Gasteiger charge is 2.34. The summed E-state index contributed by atoms with van der Waals surface area (Å²) >= 11 is 0. The molecule has 2 aromatic carbocycles. The van der Waals surface area contributed by atoms with E-state index >= 15 is 0 Å². The summed E-state index contributed by atoms with van der Waals surface area (Å²) < 4.78 is 11.9. The number of aliphatic hydroxyl groups excluding tert-OH is 1. The van der Waals surface area contributed by atoms with Gasteiger partial charge >= 0.3 is 5.97 Å². The summed E-state index contributed by atoms with van der Waals surface area (Å²) in [5.74, 6) is -0.963. The minimum atomic E-state index is -0.579. The molecular weight excluding hydrogens is 446 g/mol. The average Bonchev–Trinajstić information content (AvgIpc) is 2.81. The first-order chi connectivity index (χ1) is 17.0. The van der Waals surface area contributed by atoms with Crippen molar-refractivity contribution in [3.05, 3.63) is 89.6 Å². The Morgan fingerprint density at radius 2 is 1.83 bits per heavy atom. The summed E-state index contributed by atoms with van der Waals surface area (Å²) in [5, 5.41) is 23.4. The largest absolute Gasteiger partial charge is 0.507 e. The Hall–Kier alpha value is -3.42. The Balaban J connectivity index is 1.38. The fourth-order valence-corrected chi connectivity index (χ4v) is 4.63. The Labute approximate surface area is 205 Å². The lowest BCUT2D eigenvalue weighted by atomic mass is 9.91. The molecule has 0 spiro atoms. The molecule has 3 N–H and O–H groups in total. The van der Waals surface area contributed by atoms with Gasteiger partial charge in [-0.2, -0.15) is 0 Å². The number of cyclic esters (lactones) is 1. The lowest BCUT2D eigenvalue weighted by molar-refractivity contribution is -0.115. The van der Waals surface area contributed by atoms with Crippen LogP contribution in [0.4, 0.5) is 0 Å². The van der Waals surface area contributed by atoms with Crippen LogP contribution in [0.25, 0.3) is 0 Å². The fraction of sp³-hybridized carbons (Fsp3) is 0.357. The summed E-state index contributed by atoms with van der Waals surface area (Å²) in [6.45, 7) is 0. The number of aromatic hydroxyl groups is 1. The summed E-state index contributed by atoms with van der Waals surface area (Å²) in [4.78, 5) is 25.0. The molecule has 7 heteroatoms. The summed E-state index contributed by atoms with van der Waals surface area (Å²) in [6.07, 6.45) is 7.84. The van der Waals surface area contributed by atoms with Crippen LogP contribution >= 0.6 is 0 Å². The lowest BCUT2D eigenvalue weighted by Gasteiger charge is -2.36. The normalized spacial score (nSPS) is 24.7. The van der Waals surface area contributed by atoms with Crippen molar-refractivity contribution in [2.75, 3.05) is 0 Å². The predicted molar refractivity (Wildman–Crippen MR) is 131 cm³/mol. The Morgan fingerprint density at radius 3 is 2.66 bits per heavy atom. The molecule has 1 saturated heterocycles. The molecule has 0 aromatic heterocycles. The number of phenolic OH excluding ortho intramolecular Hbond substituents is 1. The predicted octanol–water partition coefficient (Wildman–Crippen LogP) is 3.59. The first-order valence-corrected chi connectivity index (χ1v) is 12.0. The molecule has 0 saturated carbocycles. The Kier molecular flexibility index (Phi) is 8.34. The van der Waals surface area contributed by atoms with Gasteiger partial charge in [0.15, 0.2) is 0 Å². The van der Waals surface area contributed by atoms with Crippen LogP contribution in [0.2, 0.25) is 0 Å². The molecule has 0 aliphatic carbocycles. The molecule has 2 aromatic rings. The van der Waals surface area contributed by atoms with Crippen molar-refractivity contribution in [2.24, 2.45) is 0 Å². The summed E-state index contributed by atoms with van der Waals surface area (Å²) in [5.41, 5.74) is 1.90. The molecule has 1 amide bonds.